The molecule has 1 aliphatic heterocycles. The average Bonchev–Trinajstić information content (AvgIpc) is 2.41. The molecule has 0 aromatic heterocycles. The lowest BCUT2D eigenvalue weighted by Crippen LogP contribution is -2.64. The summed E-state index contributed by atoms with van der Waals surface area (Å²) in [5.41, 5.74) is 1.28. The van der Waals surface area contributed by atoms with Gasteiger partial charge in [-0.3, -0.25) is 14.9 Å². The van der Waals surface area contributed by atoms with E-state index in [4.69, 9.17) is 0 Å². The van der Waals surface area contributed by atoms with E-state index in [0.29, 0.717) is 0 Å². The van der Waals surface area contributed by atoms with Gasteiger partial charge in [0.2, 0.25) is 5.91 Å². The van der Waals surface area contributed by atoms with Crippen molar-refractivity contribution < 1.29 is 9.59 Å². The first kappa shape index (κ1) is 14.5. The fourth-order valence-corrected chi connectivity index (χ4v) is 2.35. The first-order valence-electron chi connectivity index (χ1n) is 6.87. The Hall–Kier alpha value is -1.88. The minimum Gasteiger partial charge on any atom is -0.348 e. The molecule has 0 unspecified atom stereocenters. The maximum absolute atomic E-state index is 12.0. The predicted octanol–water partition coefficient (Wildman–Crippen LogP) is 1.04. The Kier molecular flexibility index (Phi) is 4.09. The molecule has 2 N–H and O–H groups in total. The fourth-order valence-electron chi connectivity index (χ4n) is 2.35. The number of anilines is 1. The van der Waals surface area contributed by atoms with E-state index in [9.17, 15) is 9.59 Å². The molecule has 0 bridgehead atoms. The highest BCUT2D eigenvalue weighted by Gasteiger charge is 2.41. The Morgan fingerprint density at radius 3 is 2.70 bits per heavy atom. The zero-order valence-electron chi connectivity index (χ0n) is 12.2. The lowest BCUT2D eigenvalue weighted by Gasteiger charge is -2.42. The number of para-hydroxylation sites is 1. The number of hydrogen-bond acceptors (Lipinski definition) is 4. The third-order valence-electron chi connectivity index (χ3n) is 3.63. The molecule has 5 heteroatoms. The molecule has 0 radical (unpaired) electrons. The van der Waals surface area contributed by atoms with Crippen molar-refractivity contribution in [3.05, 3.63) is 29.8 Å². The smallest absolute Gasteiger partial charge is 0.251 e. The Labute approximate surface area is 119 Å². The van der Waals surface area contributed by atoms with Crippen LogP contribution in [0.5, 0.6) is 0 Å². The van der Waals surface area contributed by atoms with Crippen molar-refractivity contribution >= 4 is 17.5 Å². The van der Waals surface area contributed by atoms with Crippen LogP contribution in [0.3, 0.4) is 0 Å². The van der Waals surface area contributed by atoms with Gasteiger partial charge in [-0.1, -0.05) is 25.1 Å². The standard InChI is InChI=1S/C15H21N3O2/c1-4-16-9-11-7-5-6-8-12(11)18-10-13(19)17-14(20)15(18,2)3/h5-8,16H,4,9-10H2,1-3H3,(H,17,19,20). The van der Waals surface area contributed by atoms with Gasteiger partial charge in [-0.25, -0.2) is 0 Å². The number of imide groups is 1. The van der Waals surface area contributed by atoms with Crippen LogP contribution in [0.25, 0.3) is 0 Å². The van der Waals surface area contributed by atoms with Gasteiger partial charge in [-0.2, -0.15) is 0 Å². The molecule has 1 heterocycles. The number of piperazine rings is 1. The Morgan fingerprint density at radius 2 is 2.00 bits per heavy atom. The third-order valence-corrected chi connectivity index (χ3v) is 3.63. The molecule has 1 saturated heterocycles. The summed E-state index contributed by atoms with van der Waals surface area (Å²) in [6.45, 7) is 7.50. The molecule has 1 aromatic carbocycles. The van der Waals surface area contributed by atoms with Crippen LogP contribution >= 0.6 is 0 Å². The first-order chi connectivity index (χ1) is 9.46. The number of carbonyl (C=O) groups is 2. The molecule has 5 nitrogen and oxygen atoms in total. The molecule has 0 spiro atoms. The van der Waals surface area contributed by atoms with Crippen LogP contribution in [-0.4, -0.2) is 30.4 Å². The second-order valence-corrected chi connectivity index (χ2v) is 5.43. The van der Waals surface area contributed by atoms with Crippen molar-refractivity contribution in [2.45, 2.75) is 32.9 Å². The zero-order chi connectivity index (χ0) is 14.8. The topological polar surface area (TPSA) is 61.4 Å². The average molecular weight is 275 g/mol. The van der Waals surface area contributed by atoms with Crippen LogP contribution in [-0.2, 0) is 16.1 Å². The van der Waals surface area contributed by atoms with Gasteiger partial charge in [0.05, 0.1) is 6.54 Å². The second kappa shape index (κ2) is 5.63. The predicted molar refractivity (Wildman–Crippen MR) is 78.4 cm³/mol. The maximum atomic E-state index is 12.0. The molecule has 0 atom stereocenters. The van der Waals surface area contributed by atoms with Crippen molar-refractivity contribution in [2.75, 3.05) is 18.0 Å². The molecule has 1 fully saturated rings. The normalized spacial score (nSPS) is 18.1. The van der Waals surface area contributed by atoms with E-state index in [1.54, 1.807) is 0 Å². The van der Waals surface area contributed by atoms with Gasteiger partial charge in [0.25, 0.3) is 5.91 Å². The number of benzene rings is 1. The summed E-state index contributed by atoms with van der Waals surface area (Å²) < 4.78 is 0. The summed E-state index contributed by atoms with van der Waals surface area (Å²) in [4.78, 5) is 25.6. The number of rotatable bonds is 4. The van der Waals surface area contributed by atoms with Gasteiger partial charge in [-0.05, 0) is 32.0 Å². The van der Waals surface area contributed by atoms with Crippen LogP contribution in [0, 0.1) is 0 Å². The SMILES string of the molecule is CCNCc1ccccc1N1CC(=O)NC(=O)C1(C)C. The van der Waals surface area contributed by atoms with Crippen LogP contribution in [0.15, 0.2) is 24.3 Å². The van der Waals surface area contributed by atoms with Crippen molar-refractivity contribution in [1.82, 2.24) is 10.6 Å². The molecule has 1 aliphatic rings. The van der Waals surface area contributed by atoms with Gasteiger partial charge >= 0.3 is 0 Å². The number of nitrogens with one attached hydrogen (secondary N) is 2. The summed E-state index contributed by atoms with van der Waals surface area (Å²) in [6, 6.07) is 7.87. The highest BCUT2D eigenvalue weighted by Crippen LogP contribution is 2.29. The van der Waals surface area contributed by atoms with Gasteiger partial charge in [-0.15, -0.1) is 0 Å². The molecule has 1 aromatic rings. The summed E-state index contributed by atoms with van der Waals surface area (Å²) >= 11 is 0. The van der Waals surface area contributed by atoms with Gasteiger partial charge < -0.3 is 10.2 Å². The lowest BCUT2D eigenvalue weighted by molar-refractivity contribution is -0.135. The highest BCUT2D eigenvalue weighted by molar-refractivity contribution is 6.06. The molecule has 0 saturated carbocycles. The summed E-state index contributed by atoms with van der Waals surface area (Å²) in [7, 11) is 0. The van der Waals surface area contributed by atoms with Crippen LogP contribution in [0.2, 0.25) is 0 Å². The molecule has 108 valence electrons. The van der Waals surface area contributed by atoms with Gasteiger partial charge in [0, 0.05) is 12.2 Å². The monoisotopic (exact) mass is 275 g/mol. The fraction of sp³-hybridized carbons (Fsp3) is 0.467. The van der Waals surface area contributed by atoms with Crippen molar-refractivity contribution in [2.24, 2.45) is 0 Å². The molecule has 2 rings (SSSR count). The second-order valence-electron chi connectivity index (χ2n) is 5.43. The van der Waals surface area contributed by atoms with Crippen LogP contribution in [0.1, 0.15) is 26.3 Å². The van der Waals surface area contributed by atoms with Crippen LogP contribution < -0.4 is 15.5 Å². The zero-order valence-corrected chi connectivity index (χ0v) is 12.2. The third kappa shape index (κ3) is 2.67. The highest BCUT2D eigenvalue weighted by atomic mass is 16.2. The quantitative estimate of drug-likeness (QED) is 0.806. The minimum absolute atomic E-state index is 0.196. The molecule has 20 heavy (non-hydrogen) atoms. The van der Waals surface area contributed by atoms with E-state index in [-0.39, 0.29) is 18.4 Å². The van der Waals surface area contributed by atoms with Crippen molar-refractivity contribution in [3.8, 4) is 0 Å². The molecule has 2 amide bonds. The number of carbonyl (C=O) groups excluding carboxylic acids is 2. The van der Waals surface area contributed by atoms with Gasteiger partial charge in [0.1, 0.15) is 5.54 Å². The minimum atomic E-state index is -0.740. The molecule has 0 aliphatic carbocycles. The van der Waals surface area contributed by atoms with Crippen LogP contribution in [0.4, 0.5) is 5.69 Å². The van der Waals surface area contributed by atoms with Crippen molar-refractivity contribution in [3.63, 3.8) is 0 Å². The molecular formula is C15H21N3O2. The first-order valence-corrected chi connectivity index (χ1v) is 6.87. The number of amides is 2. The summed E-state index contributed by atoms with van der Waals surface area (Å²) in [5, 5.41) is 5.68. The van der Waals surface area contributed by atoms with E-state index < -0.39 is 5.54 Å². The Balaban J connectivity index is 2.38. The largest absolute Gasteiger partial charge is 0.348 e. The summed E-state index contributed by atoms with van der Waals surface area (Å²) in [6.07, 6.45) is 0. The van der Waals surface area contributed by atoms with E-state index in [1.807, 2.05) is 49.9 Å². The van der Waals surface area contributed by atoms with E-state index in [2.05, 4.69) is 10.6 Å². The molecular weight excluding hydrogens is 254 g/mol. The van der Waals surface area contributed by atoms with E-state index in [0.717, 1.165) is 24.3 Å². The van der Waals surface area contributed by atoms with E-state index in [1.165, 1.54) is 0 Å². The summed E-state index contributed by atoms with van der Waals surface area (Å²) in [5.74, 6) is -0.514. The maximum Gasteiger partial charge on any atom is 0.251 e. The lowest BCUT2D eigenvalue weighted by atomic mass is 9.96. The Bertz CT molecular complexity index is 526. The number of nitrogens with zero attached hydrogens (tertiary/aromatic N) is 1. The Morgan fingerprint density at radius 1 is 1.30 bits per heavy atom. The van der Waals surface area contributed by atoms with Gasteiger partial charge in [0.15, 0.2) is 0 Å². The number of hydrogen-bond donors (Lipinski definition) is 2. The van der Waals surface area contributed by atoms with E-state index >= 15 is 0 Å². The van der Waals surface area contributed by atoms with Crippen molar-refractivity contribution in [1.29, 1.82) is 0 Å².